The van der Waals surface area contributed by atoms with Crippen LogP contribution in [0.15, 0.2) is 16.9 Å². The van der Waals surface area contributed by atoms with Crippen molar-refractivity contribution >= 4 is 21.9 Å². The number of nitrogens with two attached hydrogens (primary N) is 1. The molecule has 0 aliphatic heterocycles. The first-order chi connectivity index (χ1) is 6.54. The largest absolute Gasteiger partial charge is 0.492 e. The molecule has 1 aromatic rings. The Morgan fingerprint density at radius 2 is 2.43 bits per heavy atom. The van der Waals surface area contributed by atoms with Crippen molar-refractivity contribution in [1.82, 2.24) is 14.8 Å². The number of halogens is 1. The van der Waals surface area contributed by atoms with Gasteiger partial charge in [-0.25, -0.2) is 0 Å². The van der Waals surface area contributed by atoms with Crippen LogP contribution in [0.1, 0.15) is 0 Å². The molecule has 0 radical (unpaired) electrons. The normalized spacial score (nSPS) is 10.1. The van der Waals surface area contributed by atoms with Gasteiger partial charge in [0.2, 0.25) is 0 Å². The quantitative estimate of drug-likeness (QED) is 0.482. The Hall–Kier alpha value is -1.28. The van der Waals surface area contributed by atoms with Crippen molar-refractivity contribution in [2.24, 2.45) is 5.73 Å². The van der Waals surface area contributed by atoms with E-state index in [0.717, 1.165) is 0 Å². The first-order valence-electron chi connectivity index (χ1n) is 3.66. The second-order valence-electron chi connectivity index (χ2n) is 2.55. The van der Waals surface area contributed by atoms with Gasteiger partial charge in [0, 0.05) is 27.6 Å². The van der Waals surface area contributed by atoms with Crippen LogP contribution >= 0.6 is 15.9 Å². The Morgan fingerprint density at radius 3 is 2.86 bits per heavy atom. The van der Waals surface area contributed by atoms with Gasteiger partial charge in [0.25, 0.3) is 4.73 Å². The number of rotatable bonds is 4. The molecule has 0 atom stereocenters. The van der Waals surface area contributed by atoms with Gasteiger partial charge in [0.05, 0.1) is 6.54 Å². The Bertz CT molecular complexity index is 374. The van der Waals surface area contributed by atoms with Crippen LogP contribution in [0.2, 0.25) is 0 Å². The van der Waals surface area contributed by atoms with E-state index >= 15 is 0 Å². The molecule has 0 aromatic carbocycles. The summed E-state index contributed by atoms with van der Waals surface area (Å²) in [7, 11) is 0. The summed E-state index contributed by atoms with van der Waals surface area (Å²) in [5, 5.41) is 14.0. The zero-order valence-electron chi connectivity index (χ0n) is 7.18. The van der Waals surface area contributed by atoms with Gasteiger partial charge in [0.1, 0.15) is 0 Å². The number of hydrogen-bond acceptors (Lipinski definition) is 5. The van der Waals surface area contributed by atoms with Crippen LogP contribution in [0.5, 0.6) is 0 Å². The zero-order valence-corrected chi connectivity index (χ0v) is 8.77. The molecule has 76 valence electrons. The standard InChI is InChI=1S/C6H8BrN5O2/c1-4(2-8)3-11-5(7)9-6(10-11)12(13)14/h1-3,8H2. The average Bonchev–Trinajstić information content (AvgIpc) is 2.48. The number of hydrogen-bond donors (Lipinski definition) is 1. The van der Waals surface area contributed by atoms with Gasteiger partial charge < -0.3 is 15.8 Å². The molecule has 1 aromatic heterocycles. The molecule has 7 nitrogen and oxygen atoms in total. The molecule has 0 saturated carbocycles. The molecule has 0 unspecified atom stereocenters. The summed E-state index contributed by atoms with van der Waals surface area (Å²) in [6.07, 6.45) is 0. The molecule has 0 spiro atoms. The summed E-state index contributed by atoms with van der Waals surface area (Å²) in [6, 6.07) is 0. The highest BCUT2D eigenvalue weighted by Crippen LogP contribution is 2.12. The van der Waals surface area contributed by atoms with Crippen LogP contribution in [-0.4, -0.2) is 26.2 Å². The van der Waals surface area contributed by atoms with Crippen molar-refractivity contribution in [3.63, 3.8) is 0 Å². The highest BCUT2D eigenvalue weighted by Gasteiger charge is 2.19. The minimum absolute atomic E-state index is 0.291. The molecule has 8 heteroatoms. The fourth-order valence-corrected chi connectivity index (χ4v) is 1.13. The van der Waals surface area contributed by atoms with Crippen molar-refractivity contribution in [3.05, 3.63) is 27.0 Å². The Kier molecular flexibility index (Phi) is 3.31. The van der Waals surface area contributed by atoms with Gasteiger partial charge in [0.15, 0.2) is 0 Å². The molecule has 0 fully saturated rings. The van der Waals surface area contributed by atoms with Crippen molar-refractivity contribution in [2.45, 2.75) is 6.54 Å². The fourth-order valence-electron chi connectivity index (χ4n) is 0.766. The third kappa shape index (κ3) is 2.36. The van der Waals surface area contributed by atoms with E-state index in [4.69, 9.17) is 5.73 Å². The lowest BCUT2D eigenvalue weighted by Gasteiger charge is -1.98. The first kappa shape index (κ1) is 10.8. The van der Waals surface area contributed by atoms with Crippen LogP contribution in [0.4, 0.5) is 5.95 Å². The van der Waals surface area contributed by atoms with E-state index in [-0.39, 0.29) is 0 Å². The maximum absolute atomic E-state index is 10.3. The second kappa shape index (κ2) is 4.29. The molecule has 0 bridgehead atoms. The molecule has 0 aliphatic carbocycles. The Labute approximate surface area is 87.9 Å². The van der Waals surface area contributed by atoms with E-state index < -0.39 is 10.9 Å². The van der Waals surface area contributed by atoms with Crippen LogP contribution in [0.25, 0.3) is 0 Å². The number of nitrogens with zero attached hydrogens (tertiary/aromatic N) is 4. The van der Waals surface area contributed by atoms with Crippen LogP contribution in [-0.2, 0) is 6.54 Å². The minimum Gasteiger partial charge on any atom is -0.390 e. The van der Waals surface area contributed by atoms with E-state index in [1.54, 1.807) is 0 Å². The number of nitro groups is 1. The second-order valence-corrected chi connectivity index (χ2v) is 3.26. The third-order valence-electron chi connectivity index (χ3n) is 1.44. The summed E-state index contributed by atoms with van der Waals surface area (Å²) in [6.45, 7) is 4.28. The first-order valence-corrected chi connectivity index (χ1v) is 4.45. The Morgan fingerprint density at radius 1 is 1.79 bits per heavy atom. The van der Waals surface area contributed by atoms with Gasteiger partial charge >= 0.3 is 5.95 Å². The predicted octanol–water partition coefficient (Wildman–Crippen LogP) is 0.464. The van der Waals surface area contributed by atoms with E-state index in [1.807, 2.05) is 0 Å². The maximum Gasteiger partial charge on any atom is 0.492 e. The Balaban J connectivity index is 2.88. The van der Waals surface area contributed by atoms with E-state index in [0.29, 0.717) is 23.4 Å². The highest BCUT2D eigenvalue weighted by molar-refractivity contribution is 9.10. The van der Waals surface area contributed by atoms with E-state index in [9.17, 15) is 10.1 Å². The summed E-state index contributed by atoms with van der Waals surface area (Å²) in [5.74, 6) is -0.443. The lowest BCUT2D eigenvalue weighted by molar-refractivity contribution is -0.394. The van der Waals surface area contributed by atoms with E-state index in [1.165, 1.54) is 4.68 Å². The monoisotopic (exact) mass is 261 g/mol. The molecular formula is C6H8BrN5O2. The van der Waals surface area contributed by atoms with Gasteiger partial charge in [-0.2, -0.15) is 4.68 Å². The van der Waals surface area contributed by atoms with Gasteiger partial charge in [-0.3, -0.25) is 0 Å². The molecule has 1 heterocycles. The molecular weight excluding hydrogens is 254 g/mol. The average molecular weight is 262 g/mol. The summed E-state index contributed by atoms with van der Waals surface area (Å²) in [5.41, 5.74) is 6.04. The van der Waals surface area contributed by atoms with Gasteiger partial charge in [-0.05, 0) is 15.5 Å². The lowest BCUT2D eigenvalue weighted by atomic mass is 10.3. The topological polar surface area (TPSA) is 99.9 Å². The van der Waals surface area contributed by atoms with Gasteiger partial charge in [-0.15, -0.1) is 0 Å². The SMILES string of the molecule is C=C(CN)Cn1nc([N+](=O)[O-])nc1Br. The van der Waals surface area contributed by atoms with Crippen LogP contribution in [0.3, 0.4) is 0 Å². The van der Waals surface area contributed by atoms with Crippen molar-refractivity contribution < 1.29 is 4.92 Å². The molecule has 0 saturated heterocycles. The smallest absolute Gasteiger partial charge is 0.390 e. The predicted molar refractivity (Wildman–Crippen MR) is 52.6 cm³/mol. The molecule has 0 aliphatic rings. The third-order valence-corrected chi connectivity index (χ3v) is 2.03. The summed E-state index contributed by atoms with van der Waals surface area (Å²) < 4.78 is 1.62. The summed E-state index contributed by atoms with van der Waals surface area (Å²) >= 11 is 3.05. The lowest BCUT2D eigenvalue weighted by Crippen LogP contribution is -2.10. The van der Waals surface area contributed by atoms with Gasteiger partial charge in [-0.1, -0.05) is 6.58 Å². The van der Waals surface area contributed by atoms with Crippen molar-refractivity contribution in [1.29, 1.82) is 0 Å². The fraction of sp³-hybridized carbons (Fsp3) is 0.333. The summed E-state index contributed by atoms with van der Waals surface area (Å²) in [4.78, 5) is 13.2. The van der Waals surface area contributed by atoms with E-state index in [2.05, 4.69) is 32.6 Å². The molecule has 0 amide bonds. The maximum atomic E-state index is 10.3. The van der Waals surface area contributed by atoms with Crippen molar-refractivity contribution in [3.8, 4) is 0 Å². The molecule has 1 rings (SSSR count). The number of aromatic nitrogens is 3. The molecule has 2 N–H and O–H groups in total. The zero-order chi connectivity index (χ0) is 10.7. The van der Waals surface area contributed by atoms with Crippen LogP contribution < -0.4 is 5.73 Å². The van der Waals surface area contributed by atoms with Crippen LogP contribution in [0, 0.1) is 10.1 Å². The minimum atomic E-state index is -0.660. The highest BCUT2D eigenvalue weighted by atomic mass is 79.9. The van der Waals surface area contributed by atoms with Crippen molar-refractivity contribution in [2.75, 3.05) is 6.54 Å². The molecule has 14 heavy (non-hydrogen) atoms.